The molecule has 82 valence electrons. The van der Waals surface area contributed by atoms with E-state index in [1.165, 1.54) is 17.5 Å². The fourth-order valence-electron chi connectivity index (χ4n) is 1.93. The number of carbonyl (C=O) groups is 1. The highest BCUT2D eigenvalue weighted by Gasteiger charge is 2.40. The molecule has 1 unspecified atom stereocenters. The van der Waals surface area contributed by atoms with Crippen LogP contribution >= 0.6 is 11.3 Å². The van der Waals surface area contributed by atoms with E-state index in [2.05, 4.69) is 4.98 Å². The van der Waals surface area contributed by atoms with E-state index in [-0.39, 0.29) is 31.0 Å². The van der Waals surface area contributed by atoms with Gasteiger partial charge in [-0.15, -0.1) is 11.3 Å². The number of rotatable bonds is 3. The van der Waals surface area contributed by atoms with E-state index in [0.29, 0.717) is 11.3 Å². The van der Waals surface area contributed by atoms with E-state index >= 15 is 0 Å². The average molecular weight is 231 g/mol. The maximum atomic E-state index is 12.9. The maximum absolute atomic E-state index is 12.9. The molecule has 0 bridgehead atoms. The van der Waals surface area contributed by atoms with Crippen molar-refractivity contribution in [3.63, 3.8) is 0 Å². The first-order valence-corrected chi connectivity index (χ1v) is 5.74. The summed E-state index contributed by atoms with van der Waals surface area (Å²) in [6, 6.07) is 0. The lowest BCUT2D eigenvalue weighted by molar-refractivity contribution is 0.00498. The molecule has 1 aromatic rings. The first-order valence-electron chi connectivity index (χ1n) is 4.86. The minimum atomic E-state index is -2.56. The number of halogens is 2. The molecule has 0 amide bonds. The molecule has 15 heavy (non-hydrogen) atoms. The van der Waals surface area contributed by atoms with E-state index in [1.54, 1.807) is 5.51 Å². The fraction of sp³-hybridized carbons (Fsp3) is 0.600. The summed E-state index contributed by atoms with van der Waals surface area (Å²) in [6.45, 7) is 0. The third-order valence-corrected chi connectivity index (χ3v) is 3.50. The maximum Gasteiger partial charge on any atom is 0.248 e. The molecule has 0 aliphatic heterocycles. The summed E-state index contributed by atoms with van der Waals surface area (Å²) < 4.78 is 25.7. The minimum absolute atomic E-state index is 0.0554. The molecule has 1 saturated carbocycles. The smallest absolute Gasteiger partial charge is 0.248 e. The van der Waals surface area contributed by atoms with Gasteiger partial charge in [0.25, 0.3) is 0 Å². The van der Waals surface area contributed by atoms with E-state index in [4.69, 9.17) is 0 Å². The molecule has 0 N–H and O–H groups in total. The van der Waals surface area contributed by atoms with Gasteiger partial charge in [-0.25, -0.2) is 8.78 Å². The molecule has 1 heterocycles. The molecule has 2 rings (SSSR count). The standard InChI is InChI=1S/C10H11F2NOS/c11-10(12)2-1-7(4-10)3-8(14)9-5-13-6-15-9/h5-7H,1-4H2. The highest BCUT2D eigenvalue weighted by Crippen LogP contribution is 2.40. The number of ketones is 1. The summed E-state index contributed by atoms with van der Waals surface area (Å²) in [5, 5.41) is 0. The van der Waals surface area contributed by atoms with Crippen molar-refractivity contribution in [2.75, 3.05) is 0 Å². The van der Waals surface area contributed by atoms with Gasteiger partial charge in [0.15, 0.2) is 5.78 Å². The van der Waals surface area contributed by atoms with Gasteiger partial charge in [0.2, 0.25) is 5.92 Å². The second-order valence-electron chi connectivity index (χ2n) is 3.96. The highest BCUT2D eigenvalue weighted by molar-refractivity contribution is 7.11. The summed E-state index contributed by atoms with van der Waals surface area (Å²) in [6.07, 6.45) is 1.97. The Bertz CT molecular complexity index is 350. The molecular weight excluding hydrogens is 220 g/mol. The molecule has 1 atom stereocenters. The largest absolute Gasteiger partial charge is 0.293 e. The van der Waals surface area contributed by atoms with Crippen LogP contribution in [0.5, 0.6) is 0 Å². The van der Waals surface area contributed by atoms with Crippen LogP contribution in [0.25, 0.3) is 0 Å². The Morgan fingerprint density at radius 1 is 1.67 bits per heavy atom. The lowest BCUT2D eigenvalue weighted by Crippen LogP contribution is -2.11. The average Bonchev–Trinajstić information content (AvgIpc) is 2.74. The van der Waals surface area contributed by atoms with E-state index < -0.39 is 5.92 Å². The summed E-state index contributed by atoms with van der Waals surface area (Å²) >= 11 is 1.27. The first kappa shape index (κ1) is 10.7. The van der Waals surface area contributed by atoms with Gasteiger partial charge in [-0.05, 0) is 12.3 Å². The lowest BCUT2D eigenvalue weighted by atomic mass is 10.0. The van der Waals surface area contributed by atoms with Crippen molar-refractivity contribution in [3.8, 4) is 0 Å². The van der Waals surface area contributed by atoms with Crippen LogP contribution in [0.1, 0.15) is 35.4 Å². The predicted octanol–water partition coefficient (Wildman–Crippen LogP) is 3.15. The number of carbonyl (C=O) groups excluding carboxylic acids is 1. The van der Waals surface area contributed by atoms with Crippen molar-refractivity contribution < 1.29 is 13.6 Å². The first-order chi connectivity index (χ1) is 7.07. The summed E-state index contributed by atoms with van der Waals surface area (Å²) in [5.41, 5.74) is 1.58. The number of aromatic nitrogens is 1. The van der Waals surface area contributed by atoms with Crippen LogP contribution in [0.3, 0.4) is 0 Å². The van der Waals surface area contributed by atoms with Crippen molar-refractivity contribution in [1.82, 2.24) is 4.98 Å². The predicted molar refractivity (Wildman–Crippen MR) is 53.3 cm³/mol. The number of hydrogen-bond acceptors (Lipinski definition) is 3. The second-order valence-corrected chi connectivity index (χ2v) is 4.84. The number of hydrogen-bond donors (Lipinski definition) is 0. The van der Waals surface area contributed by atoms with Gasteiger partial charge in [-0.1, -0.05) is 0 Å². The van der Waals surface area contributed by atoms with Crippen LogP contribution in [0, 0.1) is 5.92 Å². The van der Waals surface area contributed by atoms with E-state index in [9.17, 15) is 13.6 Å². The quantitative estimate of drug-likeness (QED) is 0.748. The van der Waals surface area contributed by atoms with Gasteiger partial charge in [0, 0.05) is 25.5 Å². The zero-order valence-corrected chi connectivity index (χ0v) is 8.90. The molecule has 1 aromatic heterocycles. The molecule has 0 radical (unpaired) electrons. The normalized spacial score (nSPS) is 24.3. The van der Waals surface area contributed by atoms with Crippen LogP contribution in [0.4, 0.5) is 8.78 Å². The van der Waals surface area contributed by atoms with Crippen molar-refractivity contribution in [3.05, 3.63) is 16.6 Å². The number of alkyl halides is 2. The van der Waals surface area contributed by atoms with Gasteiger partial charge in [-0.2, -0.15) is 0 Å². The summed E-state index contributed by atoms with van der Waals surface area (Å²) in [4.78, 5) is 16.0. The third-order valence-electron chi connectivity index (χ3n) is 2.69. The fourth-order valence-corrected chi connectivity index (χ4v) is 2.50. The van der Waals surface area contributed by atoms with E-state index in [1.807, 2.05) is 0 Å². The Balaban J connectivity index is 1.91. The third kappa shape index (κ3) is 2.59. The van der Waals surface area contributed by atoms with Crippen molar-refractivity contribution in [2.45, 2.75) is 31.6 Å². The number of thiazole rings is 1. The Kier molecular flexibility index (Phi) is 2.82. The van der Waals surface area contributed by atoms with Gasteiger partial charge in [0.05, 0.1) is 10.4 Å². The van der Waals surface area contributed by atoms with Gasteiger partial charge < -0.3 is 0 Å². The van der Waals surface area contributed by atoms with Crippen LogP contribution in [-0.4, -0.2) is 16.7 Å². The molecule has 0 saturated heterocycles. The highest BCUT2D eigenvalue weighted by atomic mass is 32.1. The van der Waals surface area contributed by atoms with Crippen LogP contribution in [-0.2, 0) is 0 Å². The Hall–Kier alpha value is -0.840. The molecule has 2 nitrogen and oxygen atoms in total. The molecule has 0 spiro atoms. The Labute approximate surface area is 90.3 Å². The van der Waals surface area contributed by atoms with Crippen LogP contribution < -0.4 is 0 Å². The zero-order valence-electron chi connectivity index (χ0n) is 8.08. The Morgan fingerprint density at radius 3 is 3.00 bits per heavy atom. The SMILES string of the molecule is O=C(CC1CCC(F)(F)C1)c1cncs1. The molecule has 5 heteroatoms. The second kappa shape index (κ2) is 3.96. The topological polar surface area (TPSA) is 30.0 Å². The molecule has 1 aliphatic rings. The summed E-state index contributed by atoms with van der Waals surface area (Å²) in [5.74, 6) is -2.77. The number of Topliss-reactive ketones (excluding diaryl/α,β-unsaturated/α-hetero) is 1. The summed E-state index contributed by atoms with van der Waals surface area (Å²) in [7, 11) is 0. The van der Waals surface area contributed by atoms with Crippen LogP contribution in [0.15, 0.2) is 11.7 Å². The van der Waals surface area contributed by atoms with Gasteiger partial charge in [-0.3, -0.25) is 9.78 Å². The molecule has 0 aromatic carbocycles. The number of nitrogens with zero attached hydrogens (tertiary/aromatic N) is 1. The lowest BCUT2D eigenvalue weighted by Gasteiger charge is -2.08. The monoisotopic (exact) mass is 231 g/mol. The molecule has 1 fully saturated rings. The van der Waals surface area contributed by atoms with Crippen LogP contribution in [0.2, 0.25) is 0 Å². The zero-order chi connectivity index (χ0) is 10.9. The van der Waals surface area contributed by atoms with Crippen molar-refractivity contribution >= 4 is 17.1 Å². The minimum Gasteiger partial charge on any atom is -0.293 e. The van der Waals surface area contributed by atoms with Crippen molar-refractivity contribution in [2.24, 2.45) is 5.92 Å². The Morgan fingerprint density at radius 2 is 2.47 bits per heavy atom. The van der Waals surface area contributed by atoms with E-state index in [0.717, 1.165) is 0 Å². The van der Waals surface area contributed by atoms with Gasteiger partial charge >= 0.3 is 0 Å². The molecule has 1 aliphatic carbocycles. The molecular formula is C10H11F2NOS. The van der Waals surface area contributed by atoms with Crippen molar-refractivity contribution in [1.29, 1.82) is 0 Å². The van der Waals surface area contributed by atoms with Gasteiger partial charge in [0.1, 0.15) is 0 Å².